The van der Waals surface area contributed by atoms with E-state index in [1.807, 2.05) is 0 Å². The monoisotopic (exact) mass is 548 g/mol. The lowest BCUT2D eigenvalue weighted by Gasteiger charge is -2.31. The van der Waals surface area contributed by atoms with Gasteiger partial charge in [0.05, 0.1) is 16.7 Å². The Balaban J connectivity index is 1.90. The van der Waals surface area contributed by atoms with E-state index in [-0.39, 0.29) is 16.7 Å². The number of benzene rings is 3. The van der Waals surface area contributed by atoms with Gasteiger partial charge in [-0.1, -0.05) is 54.6 Å². The van der Waals surface area contributed by atoms with Gasteiger partial charge in [0.15, 0.2) is 18.3 Å². The third-order valence-electron chi connectivity index (χ3n) is 5.40. The lowest BCUT2D eigenvalue weighted by atomic mass is 10.1. The molecule has 3 rings (SSSR count). The van der Waals surface area contributed by atoms with Gasteiger partial charge in [-0.05, 0) is 36.4 Å². The maximum absolute atomic E-state index is 13.0. The molecular weight excluding hydrogens is 520 g/mol. The average Bonchev–Trinajstić information content (AvgIpc) is 2.97. The van der Waals surface area contributed by atoms with Gasteiger partial charge in [-0.15, -0.1) is 0 Å². The number of carbonyl (C=O) groups excluding carboxylic acids is 5. The smallest absolute Gasteiger partial charge is 0.338 e. The summed E-state index contributed by atoms with van der Waals surface area (Å²) in [5.74, 6) is -3.88. The molecule has 0 saturated carbocycles. The SMILES string of the molecule is CC(=O)OC(COC(=O)c1ccccc1)C(OC(=O)c1ccccc1)C(COC(=O)c1ccccc1)OC(C)=O. The first kappa shape index (κ1) is 29.6. The van der Waals surface area contributed by atoms with Crippen molar-refractivity contribution >= 4 is 29.8 Å². The van der Waals surface area contributed by atoms with Gasteiger partial charge < -0.3 is 23.7 Å². The molecule has 208 valence electrons. The molecule has 0 saturated heterocycles. The summed E-state index contributed by atoms with van der Waals surface area (Å²) in [6.07, 6.45) is -4.40. The minimum atomic E-state index is -1.53. The summed E-state index contributed by atoms with van der Waals surface area (Å²) >= 11 is 0. The van der Waals surface area contributed by atoms with E-state index in [4.69, 9.17) is 23.7 Å². The van der Waals surface area contributed by atoms with Crippen LogP contribution in [0.4, 0.5) is 0 Å². The van der Waals surface area contributed by atoms with Crippen molar-refractivity contribution in [3.63, 3.8) is 0 Å². The van der Waals surface area contributed by atoms with Crippen molar-refractivity contribution in [3.8, 4) is 0 Å². The molecule has 10 nitrogen and oxygen atoms in total. The van der Waals surface area contributed by atoms with E-state index in [0.717, 1.165) is 13.8 Å². The van der Waals surface area contributed by atoms with Gasteiger partial charge in [-0.2, -0.15) is 0 Å². The summed E-state index contributed by atoms with van der Waals surface area (Å²) in [5.41, 5.74) is 0.615. The Morgan fingerprint density at radius 3 is 1.15 bits per heavy atom. The molecule has 2 atom stereocenters. The van der Waals surface area contributed by atoms with Crippen molar-refractivity contribution < 1.29 is 47.7 Å². The minimum Gasteiger partial charge on any atom is -0.458 e. The Morgan fingerprint density at radius 1 is 0.500 bits per heavy atom. The largest absolute Gasteiger partial charge is 0.458 e. The minimum absolute atomic E-state index is 0.151. The van der Waals surface area contributed by atoms with Crippen LogP contribution in [-0.4, -0.2) is 61.4 Å². The number of hydrogen-bond donors (Lipinski definition) is 0. The van der Waals surface area contributed by atoms with Crippen molar-refractivity contribution in [1.82, 2.24) is 0 Å². The molecule has 0 amide bonds. The van der Waals surface area contributed by atoms with Crippen molar-refractivity contribution in [3.05, 3.63) is 108 Å². The Bertz CT molecular complexity index is 1220. The first-order chi connectivity index (χ1) is 19.2. The van der Waals surface area contributed by atoms with Gasteiger partial charge in [0.1, 0.15) is 13.2 Å². The zero-order valence-electron chi connectivity index (χ0n) is 21.9. The van der Waals surface area contributed by atoms with Crippen LogP contribution in [-0.2, 0) is 33.3 Å². The fourth-order valence-electron chi connectivity index (χ4n) is 3.61. The van der Waals surface area contributed by atoms with Gasteiger partial charge in [0.2, 0.25) is 0 Å². The summed E-state index contributed by atoms with van der Waals surface area (Å²) in [6.45, 7) is 1.09. The molecule has 0 aliphatic rings. The Hall–Kier alpha value is -4.99. The van der Waals surface area contributed by atoms with Gasteiger partial charge in [-0.25, -0.2) is 14.4 Å². The van der Waals surface area contributed by atoms with Crippen molar-refractivity contribution in [2.75, 3.05) is 13.2 Å². The summed E-state index contributed by atoms with van der Waals surface area (Å²) in [6, 6.07) is 24.0. The number of ether oxygens (including phenoxy) is 5. The first-order valence-corrected chi connectivity index (χ1v) is 12.3. The lowest BCUT2D eigenvalue weighted by molar-refractivity contribution is -0.175. The molecule has 0 N–H and O–H groups in total. The summed E-state index contributed by atoms with van der Waals surface area (Å²) in [5, 5.41) is 0. The molecule has 10 heteroatoms. The molecule has 40 heavy (non-hydrogen) atoms. The quantitative estimate of drug-likeness (QED) is 0.243. The Morgan fingerprint density at radius 2 is 0.825 bits per heavy atom. The van der Waals surface area contributed by atoms with Crippen molar-refractivity contribution in [2.45, 2.75) is 32.2 Å². The number of carbonyl (C=O) groups is 5. The predicted molar refractivity (Wildman–Crippen MR) is 140 cm³/mol. The fraction of sp³-hybridized carbons (Fsp3) is 0.233. The second-order valence-electron chi connectivity index (χ2n) is 8.46. The molecule has 0 aliphatic carbocycles. The van der Waals surface area contributed by atoms with E-state index in [2.05, 4.69) is 0 Å². The maximum atomic E-state index is 13.0. The highest BCUT2D eigenvalue weighted by molar-refractivity contribution is 5.90. The van der Waals surface area contributed by atoms with E-state index in [1.54, 1.807) is 54.6 Å². The zero-order valence-corrected chi connectivity index (χ0v) is 21.9. The topological polar surface area (TPSA) is 132 Å². The van der Waals surface area contributed by atoms with E-state index < -0.39 is 61.4 Å². The third-order valence-corrected chi connectivity index (χ3v) is 5.40. The summed E-state index contributed by atoms with van der Waals surface area (Å²) < 4.78 is 27.1. The highest BCUT2D eigenvalue weighted by atomic mass is 16.6. The van der Waals surface area contributed by atoms with Crippen LogP contribution in [0.5, 0.6) is 0 Å². The van der Waals surface area contributed by atoms with Crippen LogP contribution in [0.15, 0.2) is 91.0 Å². The van der Waals surface area contributed by atoms with Gasteiger partial charge in [0, 0.05) is 13.8 Å². The predicted octanol–water partition coefficient (Wildman–Crippen LogP) is 3.79. The molecular formula is C30H28O10. The van der Waals surface area contributed by atoms with E-state index in [1.165, 1.54) is 36.4 Å². The Kier molecular flexibility index (Phi) is 11.0. The van der Waals surface area contributed by atoms with Crippen LogP contribution in [0, 0.1) is 0 Å². The molecule has 3 aromatic carbocycles. The summed E-state index contributed by atoms with van der Waals surface area (Å²) in [7, 11) is 0. The molecule has 0 aliphatic heterocycles. The molecule has 2 unspecified atom stereocenters. The van der Waals surface area contributed by atoms with Crippen LogP contribution >= 0.6 is 0 Å². The lowest BCUT2D eigenvalue weighted by Crippen LogP contribution is -2.49. The van der Waals surface area contributed by atoms with E-state index in [0.29, 0.717) is 0 Å². The van der Waals surface area contributed by atoms with Crippen LogP contribution in [0.25, 0.3) is 0 Å². The average molecular weight is 549 g/mol. The van der Waals surface area contributed by atoms with Crippen LogP contribution in [0.2, 0.25) is 0 Å². The number of hydrogen-bond acceptors (Lipinski definition) is 10. The van der Waals surface area contributed by atoms with Gasteiger partial charge >= 0.3 is 29.8 Å². The van der Waals surface area contributed by atoms with Crippen LogP contribution in [0.1, 0.15) is 44.9 Å². The molecule has 3 aromatic rings. The van der Waals surface area contributed by atoms with Crippen molar-refractivity contribution in [2.24, 2.45) is 0 Å². The highest BCUT2D eigenvalue weighted by Crippen LogP contribution is 2.19. The van der Waals surface area contributed by atoms with E-state index in [9.17, 15) is 24.0 Å². The number of rotatable bonds is 12. The Labute approximate surface area is 230 Å². The first-order valence-electron chi connectivity index (χ1n) is 12.3. The molecule has 0 radical (unpaired) electrons. The maximum Gasteiger partial charge on any atom is 0.338 e. The van der Waals surface area contributed by atoms with Crippen LogP contribution in [0.3, 0.4) is 0 Å². The van der Waals surface area contributed by atoms with Crippen molar-refractivity contribution in [1.29, 1.82) is 0 Å². The molecule has 0 bridgehead atoms. The van der Waals surface area contributed by atoms with Gasteiger partial charge in [0.25, 0.3) is 0 Å². The molecule has 0 fully saturated rings. The molecule has 0 spiro atoms. The molecule has 0 aromatic heterocycles. The summed E-state index contributed by atoms with van der Waals surface area (Å²) in [4.78, 5) is 62.3. The van der Waals surface area contributed by atoms with Crippen LogP contribution < -0.4 is 0 Å². The normalized spacial score (nSPS) is 12.7. The number of esters is 5. The standard InChI is InChI=1S/C30H28O10/c1-20(31)38-25(18-36-28(33)22-12-6-3-7-13-22)27(40-30(35)24-16-10-5-11-17-24)26(39-21(2)32)19-37-29(34)23-14-8-4-9-15-23/h3-17,25-27H,18-19H2,1-2H3. The zero-order chi connectivity index (χ0) is 28.9. The second kappa shape index (κ2) is 14.8. The van der Waals surface area contributed by atoms with Gasteiger partial charge in [-0.3, -0.25) is 9.59 Å². The van der Waals surface area contributed by atoms with E-state index >= 15 is 0 Å². The molecule has 0 heterocycles. The highest BCUT2D eigenvalue weighted by Gasteiger charge is 2.40. The third kappa shape index (κ3) is 9.09. The fourth-order valence-corrected chi connectivity index (χ4v) is 3.61. The second-order valence-corrected chi connectivity index (χ2v) is 8.46.